The summed E-state index contributed by atoms with van der Waals surface area (Å²) < 4.78 is 5.76. The van der Waals surface area contributed by atoms with Gasteiger partial charge in [-0.2, -0.15) is 0 Å². The number of aromatic nitrogens is 1. The van der Waals surface area contributed by atoms with E-state index < -0.39 is 0 Å². The Kier molecular flexibility index (Phi) is 5.99. The van der Waals surface area contributed by atoms with Crippen LogP contribution in [0.1, 0.15) is 23.1 Å². The number of amides is 1. The van der Waals surface area contributed by atoms with E-state index in [1.807, 2.05) is 36.4 Å². The van der Waals surface area contributed by atoms with Gasteiger partial charge in [-0.05, 0) is 37.1 Å². The van der Waals surface area contributed by atoms with Crippen LogP contribution < -0.4 is 10.1 Å². The second-order valence-corrected chi connectivity index (χ2v) is 6.21. The molecule has 4 heteroatoms. The number of aryl methyl sites for hydroxylation is 2. The van der Waals surface area contributed by atoms with Gasteiger partial charge in [-0.1, -0.05) is 42.0 Å². The summed E-state index contributed by atoms with van der Waals surface area (Å²) in [6.07, 6.45) is 4.68. The summed E-state index contributed by atoms with van der Waals surface area (Å²) in [6, 6.07) is 19.5. The Balaban J connectivity index is 1.51. The number of carbonyl (C=O) groups is 1. The summed E-state index contributed by atoms with van der Waals surface area (Å²) in [7, 11) is 0. The summed E-state index contributed by atoms with van der Waals surface area (Å²) in [5.41, 5.74) is 4.13. The predicted octanol–water partition coefficient (Wildman–Crippen LogP) is 4.54. The molecule has 0 fully saturated rings. The molecule has 0 aliphatic rings. The fourth-order valence-corrected chi connectivity index (χ4v) is 2.55. The SMILES string of the molecule is Cc1ccc(CCC(=O)Nc2cccc(OCc3cccnc3)c2)cc1. The lowest BCUT2D eigenvalue weighted by Gasteiger charge is -2.09. The molecular weight excluding hydrogens is 324 g/mol. The molecular formula is C22H22N2O2. The highest BCUT2D eigenvalue weighted by Gasteiger charge is 2.05. The van der Waals surface area contributed by atoms with Crippen LogP contribution in [0.3, 0.4) is 0 Å². The van der Waals surface area contributed by atoms with Gasteiger partial charge < -0.3 is 10.1 Å². The quantitative estimate of drug-likeness (QED) is 0.683. The molecule has 0 radical (unpaired) electrons. The number of rotatable bonds is 7. The molecule has 0 bridgehead atoms. The van der Waals surface area contributed by atoms with Crippen LogP contribution in [0.4, 0.5) is 5.69 Å². The Morgan fingerprint density at radius 1 is 1.04 bits per heavy atom. The van der Waals surface area contributed by atoms with Gasteiger partial charge in [0.05, 0.1) is 0 Å². The minimum absolute atomic E-state index is 0.00464. The molecule has 0 spiro atoms. The van der Waals surface area contributed by atoms with Crippen molar-refractivity contribution in [2.45, 2.75) is 26.4 Å². The van der Waals surface area contributed by atoms with Crippen LogP contribution in [0.25, 0.3) is 0 Å². The van der Waals surface area contributed by atoms with Gasteiger partial charge in [0.1, 0.15) is 12.4 Å². The summed E-state index contributed by atoms with van der Waals surface area (Å²) in [5, 5.41) is 2.93. The lowest BCUT2D eigenvalue weighted by molar-refractivity contribution is -0.116. The zero-order chi connectivity index (χ0) is 18.2. The normalized spacial score (nSPS) is 10.3. The Labute approximate surface area is 153 Å². The van der Waals surface area contributed by atoms with Crippen LogP contribution in [-0.2, 0) is 17.8 Å². The number of hydrogen-bond donors (Lipinski definition) is 1. The zero-order valence-corrected chi connectivity index (χ0v) is 14.8. The average molecular weight is 346 g/mol. The molecule has 0 aliphatic heterocycles. The molecule has 4 nitrogen and oxygen atoms in total. The minimum atomic E-state index is -0.00464. The van der Waals surface area contributed by atoms with Gasteiger partial charge in [0.2, 0.25) is 5.91 Å². The van der Waals surface area contributed by atoms with Crippen molar-refractivity contribution in [2.24, 2.45) is 0 Å². The van der Waals surface area contributed by atoms with Crippen molar-refractivity contribution < 1.29 is 9.53 Å². The number of carbonyl (C=O) groups excluding carboxylic acids is 1. The van der Waals surface area contributed by atoms with Crippen LogP contribution in [-0.4, -0.2) is 10.9 Å². The third-order valence-electron chi connectivity index (χ3n) is 4.01. The average Bonchev–Trinajstić information content (AvgIpc) is 2.67. The van der Waals surface area contributed by atoms with Crippen molar-refractivity contribution in [1.82, 2.24) is 4.98 Å². The molecule has 1 heterocycles. The smallest absolute Gasteiger partial charge is 0.224 e. The van der Waals surface area contributed by atoms with Crippen molar-refractivity contribution in [3.8, 4) is 5.75 Å². The Morgan fingerprint density at radius 3 is 2.65 bits per heavy atom. The molecule has 3 rings (SSSR count). The summed E-state index contributed by atoms with van der Waals surface area (Å²) in [4.78, 5) is 16.3. The second kappa shape index (κ2) is 8.81. The van der Waals surface area contributed by atoms with Crippen LogP contribution >= 0.6 is 0 Å². The first-order chi connectivity index (χ1) is 12.7. The van der Waals surface area contributed by atoms with E-state index in [2.05, 4.69) is 41.5 Å². The lowest BCUT2D eigenvalue weighted by atomic mass is 10.1. The molecule has 26 heavy (non-hydrogen) atoms. The molecule has 3 aromatic rings. The molecule has 1 N–H and O–H groups in total. The molecule has 0 aliphatic carbocycles. The summed E-state index contributed by atoms with van der Waals surface area (Å²) >= 11 is 0. The van der Waals surface area contributed by atoms with Crippen LogP contribution in [0.2, 0.25) is 0 Å². The molecule has 0 saturated heterocycles. The predicted molar refractivity (Wildman–Crippen MR) is 103 cm³/mol. The largest absolute Gasteiger partial charge is 0.489 e. The maximum Gasteiger partial charge on any atom is 0.224 e. The van der Waals surface area contributed by atoms with E-state index in [-0.39, 0.29) is 5.91 Å². The number of ether oxygens (including phenoxy) is 1. The van der Waals surface area contributed by atoms with E-state index in [1.54, 1.807) is 12.4 Å². The molecule has 0 atom stereocenters. The number of hydrogen-bond acceptors (Lipinski definition) is 3. The molecule has 132 valence electrons. The van der Waals surface area contributed by atoms with Gasteiger partial charge in [0.25, 0.3) is 0 Å². The second-order valence-electron chi connectivity index (χ2n) is 6.21. The topological polar surface area (TPSA) is 51.2 Å². The van der Waals surface area contributed by atoms with Gasteiger partial charge in [-0.3, -0.25) is 9.78 Å². The monoisotopic (exact) mass is 346 g/mol. The standard InChI is InChI=1S/C22H22N2O2/c1-17-7-9-18(10-8-17)11-12-22(25)24-20-5-2-6-21(14-20)26-16-19-4-3-13-23-15-19/h2-10,13-15H,11-12,16H2,1H3,(H,24,25). The molecule has 0 saturated carbocycles. The highest BCUT2D eigenvalue weighted by Crippen LogP contribution is 2.19. The van der Waals surface area contributed by atoms with Gasteiger partial charge in [0.15, 0.2) is 0 Å². The summed E-state index contributed by atoms with van der Waals surface area (Å²) in [5.74, 6) is 0.708. The number of nitrogens with zero attached hydrogens (tertiary/aromatic N) is 1. The molecule has 1 amide bonds. The van der Waals surface area contributed by atoms with Crippen LogP contribution in [0, 0.1) is 6.92 Å². The van der Waals surface area contributed by atoms with Gasteiger partial charge in [-0.25, -0.2) is 0 Å². The molecule has 2 aromatic carbocycles. The number of nitrogens with one attached hydrogen (secondary N) is 1. The maximum atomic E-state index is 12.2. The molecule has 0 unspecified atom stereocenters. The highest BCUT2D eigenvalue weighted by atomic mass is 16.5. The van der Waals surface area contributed by atoms with E-state index in [9.17, 15) is 4.79 Å². The highest BCUT2D eigenvalue weighted by molar-refractivity contribution is 5.91. The van der Waals surface area contributed by atoms with Crippen LogP contribution in [0.15, 0.2) is 73.1 Å². The first kappa shape index (κ1) is 17.7. The first-order valence-electron chi connectivity index (χ1n) is 8.66. The third kappa shape index (κ3) is 5.45. The van der Waals surface area contributed by atoms with Crippen LogP contribution in [0.5, 0.6) is 5.75 Å². The van der Waals surface area contributed by atoms with Crippen molar-refractivity contribution in [3.63, 3.8) is 0 Å². The van der Waals surface area contributed by atoms with Gasteiger partial charge in [-0.15, -0.1) is 0 Å². The minimum Gasteiger partial charge on any atom is -0.489 e. The first-order valence-corrected chi connectivity index (χ1v) is 8.66. The fraction of sp³-hybridized carbons (Fsp3) is 0.182. The van der Waals surface area contributed by atoms with Crippen molar-refractivity contribution in [2.75, 3.05) is 5.32 Å². The van der Waals surface area contributed by atoms with Crippen molar-refractivity contribution >= 4 is 11.6 Å². The van der Waals surface area contributed by atoms with Crippen molar-refractivity contribution in [1.29, 1.82) is 0 Å². The molecule has 1 aromatic heterocycles. The Bertz CT molecular complexity index is 846. The van der Waals surface area contributed by atoms with E-state index in [0.29, 0.717) is 18.8 Å². The number of benzene rings is 2. The zero-order valence-electron chi connectivity index (χ0n) is 14.8. The van der Waals surface area contributed by atoms with Gasteiger partial charge >= 0.3 is 0 Å². The van der Waals surface area contributed by atoms with Gasteiger partial charge in [0, 0.05) is 36.1 Å². The third-order valence-corrected chi connectivity index (χ3v) is 4.01. The van der Waals surface area contributed by atoms with E-state index in [0.717, 1.165) is 17.7 Å². The number of pyridine rings is 1. The van der Waals surface area contributed by atoms with E-state index in [4.69, 9.17) is 4.74 Å². The Morgan fingerprint density at radius 2 is 1.88 bits per heavy atom. The fourth-order valence-electron chi connectivity index (χ4n) is 2.55. The number of anilines is 1. The maximum absolute atomic E-state index is 12.2. The van der Waals surface area contributed by atoms with Crippen molar-refractivity contribution in [3.05, 3.63) is 89.7 Å². The van der Waals surface area contributed by atoms with E-state index in [1.165, 1.54) is 11.1 Å². The Hall–Kier alpha value is -3.14. The lowest BCUT2D eigenvalue weighted by Crippen LogP contribution is -2.12. The van der Waals surface area contributed by atoms with E-state index >= 15 is 0 Å². The summed E-state index contributed by atoms with van der Waals surface area (Å²) in [6.45, 7) is 2.50.